The van der Waals surface area contributed by atoms with E-state index in [1.54, 1.807) is 17.4 Å². The zero-order chi connectivity index (χ0) is 22.1. The van der Waals surface area contributed by atoms with Crippen molar-refractivity contribution in [2.75, 3.05) is 11.1 Å². The Morgan fingerprint density at radius 3 is 2.97 bits per heavy atom. The van der Waals surface area contributed by atoms with Crippen LogP contribution < -0.4 is 10.9 Å². The SMILES string of the molecule is C=CCn1c(SCC(=O)Nc2ccc([N+](=O)[O-])cc2Cl)nc2sc3c(c2c1=O)CCC3. The summed E-state index contributed by atoms with van der Waals surface area (Å²) >= 11 is 8.72. The number of amides is 1. The molecule has 11 heteroatoms. The molecule has 0 saturated carbocycles. The number of nitro groups is 1. The van der Waals surface area contributed by atoms with E-state index >= 15 is 0 Å². The van der Waals surface area contributed by atoms with E-state index < -0.39 is 4.92 Å². The number of carbonyl (C=O) groups is 1. The second kappa shape index (κ2) is 8.81. The van der Waals surface area contributed by atoms with Gasteiger partial charge in [0.1, 0.15) is 4.83 Å². The number of thiophene rings is 1. The number of hydrogen-bond acceptors (Lipinski definition) is 7. The second-order valence-electron chi connectivity index (χ2n) is 6.89. The highest BCUT2D eigenvalue weighted by Gasteiger charge is 2.23. The van der Waals surface area contributed by atoms with Crippen molar-refractivity contribution >= 4 is 62.2 Å². The van der Waals surface area contributed by atoms with Crippen LogP contribution in [-0.4, -0.2) is 26.1 Å². The van der Waals surface area contributed by atoms with Crippen LogP contribution in [0.3, 0.4) is 0 Å². The maximum atomic E-state index is 13.1. The first-order chi connectivity index (χ1) is 14.9. The van der Waals surface area contributed by atoms with Crippen LogP contribution >= 0.6 is 34.7 Å². The Balaban J connectivity index is 1.55. The normalized spacial score (nSPS) is 12.7. The van der Waals surface area contributed by atoms with Gasteiger partial charge >= 0.3 is 0 Å². The van der Waals surface area contributed by atoms with E-state index in [2.05, 4.69) is 16.9 Å². The third kappa shape index (κ3) is 4.23. The molecule has 31 heavy (non-hydrogen) atoms. The first kappa shape index (κ1) is 21.5. The highest BCUT2D eigenvalue weighted by atomic mass is 35.5. The Labute approximate surface area is 190 Å². The Kier molecular flexibility index (Phi) is 6.12. The summed E-state index contributed by atoms with van der Waals surface area (Å²) in [7, 11) is 0. The van der Waals surface area contributed by atoms with Crippen LogP contribution in [0.4, 0.5) is 11.4 Å². The number of thioether (sulfide) groups is 1. The molecule has 0 atom stereocenters. The number of hydrogen-bond donors (Lipinski definition) is 1. The maximum Gasteiger partial charge on any atom is 0.271 e. The minimum absolute atomic E-state index is 0.00645. The first-order valence-corrected chi connectivity index (χ1v) is 11.6. The van der Waals surface area contributed by atoms with Crippen LogP contribution in [-0.2, 0) is 24.2 Å². The minimum atomic E-state index is -0.561. The Morgan fingerprint density at radius 2 is 2.26 bits per heavy atom. The van der Waals surface area contributed by atoms with Crippen molar-refractivity contribution < 1.29 is 9.72 Å². The molecule has 0 unspecified atom stereocenters. The van der Waals surface area contributed by atoms with Gasteiger partial charge in [-0.15, -0.1) is 17.9 Å². The monoisotopic (exact) mass is 476 g/mol. The van der Waals surface area contributed by atoms with E-state index in [-0.39, 0.29) is 33.6 Å². The maximum absolute atomic E-state index is 13.1. The number of nitro benzene ring substituents is 1. The van der Waals surface area contributed by atoms with Gasteiger partial charge in [-0.3, -0.25) is 24.3 Å². The summed E-state index contributed by atoms with van der Waals surface area (Å²) in [5.74, 6) is -0.373. The molecular weight excluding hydrogens is 460 g/mol. The standard InChI is InChI=1S/C20H17ClN4O4S2/c1-2-8-24-19(27)17-12-4-3-5-15(12)31-18(17)23-20(24)30-10-16(26)22-14-7-6-11(25(28)29)9-13(14)21/h2,6-7,9H,1,3-5,8,10H2,(H,22,26). The molecule has 1 aromatic carbocycles. The van der Waals surface area contributed by atoms with E-state index in [1.165, 1.54) is 27.6 Å². The number of nitrogens with zero attached hydrogens (tertiary/aromatic N) is 3. The summed E-state index contributed by atoms with van der Waals surface area (Å²) in [5, 5.41) is 14.7. The molecule has 0 spiro atoms. The average Bonchev–Trinajstić information content (AvgIpc) is 3.31. The Bertz CT molecular complexity index is 1280. The van der Waals surface area contributed by atoms with Gasteiger partial charge in [-0.2, -0.15) is 0 Å². The van der Waals surface area contributed by atoms with Crippen molar-refractivity contribution in [2.24, 2.45) is 0 Å². The van der Waals surface area contributed by atoms with Crippen molar-refractivity contribution in [3.63, 3.8) is 0 Å². The molecule has 1 amide bonds. The zero-order valence-electron chi connectivity index (χ0n) is 16.2. The summed E-state index contributed by atoms with van der Waals surface area (Å²) in [4.78, 5) is 42.4. The van der Waals surface area contributed by atoms with Gasteiger partial charge in [0, 0.05) is 23.6 Å². The molecular formula is C20H17ClN4O4S2. The molecule has 1 N–H and O–H groups in total. The number of aromatic nitrogens is 2. The number of carbonyl (C=O) groups excluding carboxylic acids is 1. The molecule has 0 bridgehead atoms. The lowest BCUT2D eigenvalue weighted by molar-refractivity contribution is -0.384. The van der Waals surface area contributed by atoms with Crippen LogP contribution in [0.15, 0.2) is 40.8 Å². The number of benzene rings is 1. The molecule has 3 aromatic rings. The highest BCUT2D eigenvalue weighted by Crippen LogP contribution is 2.35. The number of allylic oxidation sites excluding steroid dienone is 1. The van der Waals surface area contributed by atoms with Crippen molar-refractivity contribution in [3.8, 4) is 0 Å². The van der Waals surface area contributed by atoms with Crippen LogP contribution in [0.5, 0.6) is 0 Å². The van der Waals surface area contributed by atoms with Gasteiger partial charge in [-0.05, 0) is 30.9 Å². The van der Waals surface area contributed by atoms with Crippen LogP contribution in [0.2, 0.25) is 5.02 Å². The number of fused-ring (bicyclic) bond motifs is 3. The number of halogens is 1. The molecule has 8 nitrogen and oxygen atoms in total. The van der Waals surface area contributed by atoms with Gasteiger partial charge in [0.15, 0.2) is 5.16 Å². The number of non-ortho nitro benzene ring substituents is 1. The van der Waals surface area contributed by atoms with Gasteiger partial charge in [-0.25, -0.2) is 4.98 Å². The Morgan fingerprint density at radius 1 is 1.45 bits per heavy atom. The van der Waals surface area contributed by atoms with Crippen molar-refractivity contribution in [3.05, 3.63) is 66.8 Å². The smallest absolute Gasteiger partial charge is 0.271 e. The van der Waals surface area contributed by atoms with Crippen LogP contribution in [0.25, 0.3) is 10.2 Å². The molecule has 160 valence electrons. The molecule has 1 aliphatic rings. The summed E-state index contributed by atoms with van der Waals surface area (Å²) in [5.41, 5.74) is 1.12. The lowest BCUT2D eigenvalue weighted by Crippen LogP contribution is -2.24. The quantitative estimate of drug-likeness (QED) is 0.178. The molecule has 4 rings (SSSR count). The van der Waals surface area contributed by atoms with Gasteiger partial charge in [-0.1, -0.05) is 29.4 Å². The lowest BCUT2D eigenvalue weighted by Gasteiger charge is -2.11. The zero-order valence-corrected chi connectivity index (χ0v) is 18.6. The average molecular weight is 477 g/mol. The molecule has 0 fully saturated rings. The fourth-order valence-corrected chi connectivity index (χ4v) is 5.83. The molecule has 2 heterocycles. The minimum Gasteiger partial charge on any atom is -0.324 e. The van der Waals surface area contributed by atoms with E-state index in [0.717, 1.165) is 36.6 Å². The fraction of sp³-hybridized carbons (Fsp3) is 0.250. The van der Waals surface area contributed by atoms with E-state index in [1.807, 2.05) is 0 Å². The largest absolute Gasteiger partial charge is 0.324 e. The topological polar surface area (TPSA) is 107 Å². The third-order valence-electron chi connectivity index (χ3n) is 4.87. The number of rotatable bonds is 7. The highest BCUT2D eigenvalue weighted by molar-refractivity contribution is 7.99. The summed E-state index contributed by atoms with van der Waals surface area (Å²) < 4.78 is 1.54. The molecule has 2 aromatic heterocycles. The third-order valence-corrected chi connectivity index (χ3v) is 7.35. The summed E-state index contributed by atoms with van der Waals surface area (Å²) in [6.07, 6.45) is 4.55. The number of aryl methyl sites for hydroxylation is 2. The van der Waals surface area contributed by atoms with E-state index in [0.29, 0.717) is 21.9 Å². The number of nitrogens with one attached hydrogen (secondary N) is 1. The van der Waals surface area contributed by atoms with Crippen molar-refractivity contribution in [1.29, 1.82) is 0 Å². The van der Waals surface area contributed by atoms with Gasteiger partial charge in [0.05, 0.1) is 26.8 Å². The van der Waals surface area contributed by atoms with Gasteiger partial charge in [0.25, 0.3) is 11.2 Å². The predicted octanol–water partition coefficient (Wildman–Crippen LogP) is 4.43. The van der Waals surface area contributed by atoms with Crippen molar-refractivity contribution in [1.82, 2.24) is 9.55 Å². The summed E-state index contributed by atoms with van der Waals surface area (Å²) in [6.45, 7) is 4.02. The predicted molar refractivity (Wildman–Crippen MR) is 124 cm³/mol. The van der Waals surface area contributed by atoms with Gasteiger partial charge in [0.2, 0.25) is 5.91 Å². The molecule has 0 aliphatic heterocycles. The van der Waals surface area contributed by atoms with Crippen LogP contribution in [0.1, 0.15) is 16.9 Å². The second-order valence-corrected chi connectivity index (χ2v) is 9.33. The van der Waals surface area contributed by atoms with E-state index in [9.17, 15) is 19.7 Å². The molecule has 0 radical (unpaired) electrons. The van der Waals surface area contributed by atoms with Crippen LogP contribution in [0, 0.1) is 10.1 Å². The van der Waals surface area contributed by atoms with Crippen molar-refractivity contribution in [2.45, 2.75) is 31.0 Å². The van der Waals surface area contributed by atoms with Gasteiger partial charge < -0.3 is 5.32 Å². The fourth-order valence-electron chi connectivity index (χ4n) is 3.49. The molecule has 0 saturated heterocycles. The first-order valence-electron chi connectivity index (χ1n) is 9.41. The number of anilines is 1. The summed E-state index contributed by atoms with van der Waals surface area (Å²) in [6, 6.07) is 3.83. The Hall–Kier alpha value is -2.69. The lowest BCUT2D eigenvalue weighted by atomic mass is 10.2. The van der Waals surface area contributed by atoms with E-state index in [4.69, 9.17) is 11.6 Å². The molecule has 1 aliphatic carbocycles.